The number of hydrogen-bond acceptors (Lipinski definition) is 11. The molecular formula is C43H58N2O10. The second kappa shape index (κ2) is 21.2. The molecule has 1 heterocycles. The van der Waals surface area contributed by atoms with E-state index in [4.69, 9.17) is 28.9 Å². The molecule has 300 valence electrons. The number of carbonyl (C=O) groups is 1. The number of aromatic hydroxyl groups is 1. The van der Waals surface area contributed by atoms with Gasteiger partial charge in [-0.1, -0.05) is 66.6 Å². The van der Waals surface area contributed by atoms with Crippen LogP contribution in [0.1, 0.15) is 68.4 Å². The lowest BCUT2D eigenvalue weighted by atomic mass is 9.55. The number of nitrogens with zero attached hydrogens (tertiary/aromatic N) is 2. The number of allylic oxidation sites excluding steroid dienone is 1. The van der Waals surface area contributed by atoms with Crippen LogP contribution in [0.3, 0.4) is 0 Å². The number of unbranched alkanes of at least 4 members (excludes halogenated alkanes) is 2. The molecule has 1 saturated carbocycles. The Labute approximate surface area is 324 Å². The number of amides is 1. The first-order chi connectivity index (χ1) is 26.9. The quantitative estimate of drug-likeness (QED) is 0.0579. The minimum Gasteiger partial charge on any atom is -0.508 e. The van der Waals surface area contributed by atoms with Gasteiger partial charge in [0.25, 0.3) is 0 Å². The summed E-state index contributed by atoms with van der Waals surface area (Å²) in [6.45, 7) is 8.48. The molecule has 1 aliphatic heterocycles. The number of phenolic OH excluding ortho intramolecular Hbond substituents is 1. The van der Waals surface area contributed by atoms with E-state index in [2.05, 4.69) is 19.2 Å². The van der Waals surface area contributed by atoms with E-state index in [1.165, 1.54) is 0 Å². The summed E-state index contributed by atoms with van der Waals surface area (Å²) < 4.78 is 25.5. The van der Waals surface area contributed by atoms with Crippen molar-refractivity contribution < 1.29 is 49.0 Å². The Balaban J connectivity index is 1.73. The Hall–Kier alpha value is -4.20. The van der Waals surface area contributed by atoms with E-state index >= 15 is 0 Å². The van der Waals surface area contributed by atoms with Gasteiger partial charge in [-0.3, -0.25) is 4.90 Å². The van der Waals surface area contributed by atoms with Gasteiger partial charge in [0.2, 0.25) is 5.79 Å². The van der Waals surface area contributed by atoms with Crippen molar-refractivity contribution in [1.82, 2.24) is 4.90 Å². The van der Waals surface area contributed by atoms with Crippen LogP contribution in [0, 0.1) is 17.8 Å². The molecule has 12 heteroatoms. The molecule has 3 aliphatic rings. The van der Waals surface area contributed by atoms with Crippen LogP contribution in [-0.4, -0.2) is 102 Å². The van der Waals surface area contributed by atoms with E-state index in [1.54, 1.807) is 35.3 Å². The van der Waals surface area contributed by atoms with Gasteiger partial charge < -0.3 is 44.2 Å². The highest BCUT2D eigenvalue weighted by molar-refractivity contribution is 6.03. The molecular weight excluding hydrogens is 704 g/mol. The Morgan fingerprint density at radius 1 is 0.964 bits per heavy atom. The topological polar surface area (TPSA) is 160 Å². The van der Waals surface area contributed by atoms with E-state index in [-0.39, 0.29) is 89.3 Å². The summed E-state index contributed by atoms with van der Waals surface area (Å²) in [6.07, 6.45) is 10.1. The number of phenols is 1. The zero-order valence-corrected chi connectivity index (χ0v) is 31.8. The van der Waals surface area contributed by atoms with Gasteiger partial charge in [-0.15, -0.1) is 13.2 Å². The predicted molar refractivity (Wildman–Crippen MR) is 209 cm³/mol. The largest absolute Gasteiger partial charge is 0.508 e. The Kier molecular flexibility index (Phi) is 16.2. The molecule has 4 N–H and O–H groups in total. The normalized spacial score (nSPS) is 24.5. The lowest BCUT2D eigenvalue weighted by Crippen LogP contribution is -2.70. The van der Waals surface area contributed by atoms with Gasteiger partial charge in [-0.2, -0.15) is 0 Å². The standard InChI is InChI=1S/C43H58N2O10/c1-3-5-24-52-42(50)45(19-25-51-26-22-48)39-29-37(44-54-30-31-13-7-6-8-14-31)35-27-32(15-9-11-20-46)34(16-10-12-21-47)40-36-28-33(49)17-18-38(36)55-43(39,41(35)40)53-23-4-2/h3-4,6-8,13-14,17-18,27-28,32,34,39-41,46-49H,1-2,5,9-12,15-16,19-26,29-30H2/t32-,34+,39-,40+,41+,43+/m0/s1. The van der Waals surface area contributed by atoms with Crippen molar-refractivity contribution in [3.8, 4) is 11.5 Å². The molecule has 2 aromatic carbocycles. The van der Waals surface area contributed by atoms with E-state index < -0.39 is 23.8 Å². The summed E-state index contributed by atoms with van der Waals surface area (Å²) in [5.41, 5.74) is 3.30. The van der Waals surface area contributed by atoms with Gasteiger partial charge in [0.15, 0.2) is 0 Å². The third-order valence-corrected chi connectivity index (χ3v) is 10.8. The Morgan fingerprint density at radius 3 is 2.47 bits per heavy atom. The van der Waals surface area contributed by atoms with Gasteiger partial charge in [-0.25, -0.2) is 4.79 Å². The van der Waals surface area contributed by atoms with Crippen molar-refractivity contribution in [1.29, 1.82) is 0 Å². The number of oxime groups is 1. The number of rotatable bonds is 23. The van der Waals surface area contributed by atoms with Crippen LogP contribution in [0.25, 0.3) is 0 Å². The highest BCUT2D eigenvalue weighted by atomic mass is 16.7. The molecule has 55 heavy (non-hydrogen) atoms. The fourth-order valence-electron chi connectivity index (χ4n) is 8.43. The fourth-order valence-corrected chi connectivity index (χ4v) is 8.43. The number of aliphatic hydroxyl groups is 3. The third-order valence-electron chi connectivity index (χ3n) is 10.8. The van der Waals surface area contributed by atoms with Gasteiger partial charge >= 0.3 is 6.09 Å². The van der Waals surface area contributed by atoms with E-state index in [0.717, 1.165) is 42.4 Å². The fraction of sp³-hybridized carbons (Fsp3) is 0.535. The van der Waals surface area contributed by atoms with Crippen LogP contribution >= 0.6 is 0 Å². The molecule has 12 nitrogen and oxygen atoms in total. The van der Waals surface area contributed by atoms with Crippen LogP contribution in [0.15, 0.2) is 90.6 Å². The second-order valence-corrected chi connectivity index (χ2v) is 14.3. The molecule has 0 saturated heterocycles. The molecule has 0 radical (unpaired) electrons. The van der Waals surface area contributed by atoms with Gasteiger partial charge in [-0.05, 0) is 73.3 Å². The van der Waals surface area contributed by atoms with Crippen molar-refractivity contribution in [3.05, 3.63) is 96.6 Å². The maximum absolute atomic E-state index is 14.2. The second-order valence-electron chi connectivity index (χ2n) is 14.3. The molecule has 2 aromatic rings. The molecule has 0 spiro atoms. The zero-order chi connectivity index (χ0) is 39.0. The SMILES string of the molecule is C=CCCOC(=O)N(CCOCCO)[C@H]1CC(=NOCc2ccccc2)C2=C[C@H](CCCCO)[C@@H](CCCCO)[C@@H]3c4cc(O)ccc4O[C@@]1(OCC=C)[C@H]23. The summed E-state index contributed by atoms with van der Waals surface area (Å²) in [7, 11) is 0. The molecule has 1 amide bonds. The minimum atomic E-state index is -1.48. The molecule has 0 unspecified atom stereocenters. The van der Waals surface area contributed by atoms with Crippen molar-refractivity contribution in [2.24, 2.45) is 22.9 Å². The van der Waals surface area contributed by atoms with E-state index in [9.17, 15) is 25.2 Å². The van der Waals surface area contributed by atoms with Crippen LogP contribution in [0.2, 0.25) is 0 Å². The lowest BCUT2D eigenvalue weighted by molar-refractivity contribution is -0.256. The van der Waals surface area contributed by atoms with Crippen molar-refractivity contribution in [3.63, 3.8) is 0 Å². The molecule has 0 aromatic heterocycles. The highest BCUT2D eigenvalue weighted by Gasteiger charge is 2.65. The van der Waals surface area contributed by atoms with Crippen LogP contribution < -0.4 is 4.74 Å². The van der Waals surface area contributed by atoms with Crippen molar-refractivity contribution in [2.75, 3.05) is 52.8 Å². The molecule has 1 fully saturated rings. The maximum atomic E-state index is 14.2. The molecule has 5 rings (SSSR count). The average Bonchev–Trinajstić information content (AvgIpc) is 3.19. The maximum Gasteiger partial charge on any atom is 0.410 e. The van der Waals surface area contributed by atoms with E-state index in [0.29, 0.717) is 30.7 Å². The van der Waals surface area contributed by atoms with Gasteiger partial charge in [0.05, 0.1) is 44.7 Å². The summed E-state index contributed by atoms with van der Waals surface area (Å²) in [4.78, 5) is 21.9. The third kappa shape index (κ3) is 10.2. The van der Waals surface area contributed by atoms with Crippen LogP contribution in [0.5, 0.6) is 11.5 Å². The predicted octanol–water partition coefficient (Wildman–Crippen LogP) is 6.25. The monoisotopic (exact) mass is 762 g/mol. The number of fused-ring (bicyclic) bond motifs is 2. The van der Waals surface area contributed by atoms with Crippen LogP contribution in [-0.2, 0) is 25.7 Å². The highest BCUT2D eigenvalue weighted by Crippen LogP contribution is 2.61. The number of ether oxygens (including phenoxy) is 4. The minimum absolute atomic E-state index is 0.0151. The zero-order valence-electron chi connectivity index (χ0n) is 31.8. The summed E-state index contributed by atoms with van der Waals surface area (Å²) >= 11 is 0. The summed E-state index contributed by atoms with van der Waals surface area (Å²) in [6, 6.07) is 14.1. The number of aliphatic hydroxyl groups excluding tert-OH is 3. The van der Waals surface area contributed by atoms with Crippen LogP contribution in [0.4, 0.5) is 4.79 Å². The van der Waals surface area contributed by atoms with Crippen molar-refractivity contribution in [2.45, 2.75) is 75.7 Å². The number of benzene rings is 2. The molecule has 0 bridgehead atoms. The Morgan fingerprint density at radius 2 is 1.75 bits per heavy atom. The average molecular weight is 763 g/mol. The molecule has 2 aliphatic carbocycles. The van der Waals surface area contributed by atoms with E-state index in [1.807, 2.05) is 30.3 Å². The lowest BCUT2D eigenvalue weighted by Gasteiger charge is -2.59. The molecule has 6 atom stereocenters. The first-order valence-corrected chi connectivity index (χ1v) is 19.6. The van der Waals surface area contributed by atoms with Gasteiger partial charge in [0, 0.05) is 37.7 Å². The smallest absolute Gasteiger partial charge is 0.410 e. The first kappa shape index (κ1) is 42.0. The summed E-state index contributed by atoms with van der Waals surface area (Å²) in [5.74, 6) is -1.58. The first-order valence-electron chi connectivity index (χ1n) is 19.6. The summed E-state index contributed by atoms with van der Waals surface area (Å²) in [5, 5.41) is 44.8. The van der Waals surface area contributed by atoms with Gasteiger partial charge in [0.1, 0.15) is 24.1 Å². The number of carbonyl (C=O) groups excluding carboxylic acids is 1. The van der Waals surface area contributed by atoms with Crippen molar-refractivity contribution >= 4 is 11.8 Å². The Bertz CT molecular complexity index is 1600. The number of hydrogen-bond donors (Lipinski definition) is 4.